The topological polar surface area (TPSA) is 68.3 Å². The number of phenols is 1. The van der Waals surface area contributed by atoms with Crippen LogP contribution in [0.3, 0.4) is 0 Å². The zero-order valence-corrected chi connectivity index (χ0v) is 17.0. The van der Waals surface area contributed by atoms with Crippen LogP contribution < -0.4 is 9.47 Å². The molecule has 0 spiro atoms. The van der Waals surface area contributed by atoms with Crippen molar-refractivity contribution >= 4 is 5.78 Å². The number of carbonyl (C=O) groups excluding carboxylic acids is 1. The average molecular weight is 374 g/mol. The van der Waals surface area contributed by atoms with E-state index in [1.165, 1.54) is 0 Å². The minimum Gasteiger partial charge on any atom is -0.507 e. The van der Waals surface area contributed by atoms with Gasteiger partial charge < -0.3 is 19.3 Å². The Labute approximate surface area is 161 Å². The SMILES string of the molecule is COc1cc(O)c(C(=O)CC(C)C)c2c1[C@@H]1C[C@H](C(C)C)[C@@H]3O[C@@H]3[C@]1(C)O2. The molecule has 5 heteroatoms. The van der Waals surface area contributed by atoms with E-state index >= 15 is 0 Å². The van der Waals surface area contributed by atoms with Crippen LogP contribution in [0.1, 0.15) is 69.3 Å². The minimum atomic E-state index is -0.522. The molecular formula is C22H30O5. The highest BCUT2D eigenvalue weighted by molar-refractivity contribution is 6.02. The van der Waals surface area contributed by atoms with Gasteiger partial charge in [0.1, 0.15) is 34.5 Å². The first kappa shape index (κ1) is 18.6. The lowest BCUT2D eigenvalue weighted by atomic mass is 9.67. The number of hydrogen-bond donors (Lipinski definition) is 1. The molecule has 0 amide bonds. The van der Waals surface area contributed by atoms with Crippen LogP contribution in [-0.2, 0) is 4.74 Å². The van der Waals surface area contributed by atoms with Crippen molar-refractivity contribution in [2.45, 2.75) is 71.2 Å². The van der Waals surface area contributed by atoms with E-state index in [0.717, 1.165) is 12.0 Å². The number of hydrogen-bond acceptors (Lipinski definition) is 5. The van der Waals surface area contributed by atoms with Gasteiger partial charge >= 0.3 is 0 Å². The number of phenolic OH excluding ortho intramolecular Hbond substituents is 1. The number of ether oxygens (including phenoxy) is 3. The van der Waals surface area contributed by atoms with Gasteiger partial charge in [-0.3, -0.25) is 4.79 Å². The summed E-state index contributed by atoms with van der Waals surface area (Å²) in [5.41, 5.74) is 0.699. The third-order valence-corrected chi connectivity index (χ3v) is 6.59. The highest BCUT2D eigenvalue weighted by Crippen LogP contribution is 2.64. The second-order valence-corrected chi connectivity index (χ2v) is 9.24. The maximum absolute atomic E-state index is 12.9. The number of rotatable bonds is 5. The van der Waals surface area contributed by atoms with E-state index in [1.54, 1.807) is 13.2 Å². The summed E-state index contributed by atoms with van der Waals surface area (Å²) < 4.78 is 18.1. The van der Waals surface area contributed by atoms with Crippen LogP contribution in [0.25, 0.3) is 0 Å². The summed E-state index contributed by atoms with van der Waals surface area (Å²) in [6, 6.07) is 1.58. The van der Waals surface area contributed by atoms with E-state index in [9.17, 15) is 9.90 Å². The Morgan fingerprint density at radius 3 is 2.67 bits per heavy atom. The van der Waals surface area contributed by atoms with Gasteiger partial charge in [-0.1, -0.05) is 27.7 Å². The molecule has 5 nitrogen and oxygen atoms in total. The lowest BCUT2D eigenvalue weighted by Crippen LogP contribution is -2.47. The van der Waals surface area contributed by atoms with Crippen LogP contribution in [0.5, 0.6) is 17.2 Å². The average Bonchev–Trinajstić information content (AvgIpc) is 3.31. The maximum atomic E-state index is 12.9. The molecule has 27 heavy (non-hydrogen) atoms. The summed E-state index contributed by atoms with van der Waals surface area (Å²) >= 11 is 0. The second-order valence-electron chi connectivity index (χ2n) is 9.24. The molecule has 0 unspecified atom stereocenters. The quantitative estimate of drug-likeness (QED) is 0.614. The second kappa shape index (κ2) is 6.13. The van der Waals surface area contributed by atoms with E-state index in [1.807, 2.05) is 13.8 Å². The molecule has 2 aliphatic heterocycles. The van der Waals surface area contributed by atoms with Crippen LogP contribution in [-0.4, -0.2) is 35.8 Å². The number of methoxy groups -OCH3 is 1. The summed E-state index contributed by atoms with van der Waals surface area (Å²) in [5, 5.41) is 10.6. The number of epoxide rings is 1. The van der Waals surface area contributed by atoms with Gasteiger partial charge in [0.25, 0.3) is 0 Å². The zero-order chi connectivity index (χ0) is 19.7. The fraction of sp³-hybridized carbons (Fsp3) is 0.682. The van der Waals surface area contributed by atoms with Crippen molar-refractivity contribution in [1.29, 1.82) is 0 Å². The molecule has 148 valence electrons. The Kier molecular flexibility index (Phi) is 4.22. The van der Waals surface area contributed by atoms with Crippen molar-refractivity contribution in [2.75, 3.05) is 7.11 Å². The molecule has 2 heterocycles. The lowest BCUT2D eigenvalue weighted by molar-refractivity contribution is 0.0390. The summed E-state index contributed by atoms with van der Waals surface area (Å²) in [6.07, 6.45) is 1.54. The monoisotopic (exact) mass is 374 g/mol. The van der Waals surface area contributed by atoms with E-state index in [2.05, 4.69) is 20.8 Å². The molecule has 1 aromatic rings. The highest BCUT2D eigenvalue weighted by atomic mass is 16.6. The maximum Gasteiger partial charge on any atom is 0.170 e. The van der Waals surface area contributed by atoms with Crippen molar-refractivity contribution in [3.8, 4) is 17.2 Å². The van der Waals surface area contributed by atoms with Gasteiger partial charge in [0.05, 0.1) is 13.2 Å². The molecule has 1 aliphatic carbocycles. The predicted octanol–water partition coefficient (Wildman–Crippen LogP) is 4.31. The fourth-order valence-electron chi connectivity index (χ4n) is 5.14. The normalized spacial score (nSPS) is 33.3. The van der Waals surface area contributed by atoms with E-state index in [-0.39, 0.29) is 35.6 Å². The van der Waals surface area contributed by atoms with Gasteiger partial charge in [0, 0.05) is 24.0 Å². The van der Waals surface area contributed by atoms with Crippen molar-refractivity contribution in [1.82, 2.24) is 0 Å². The first-order chi connectivity index (χ1) is 12.7. The van der Waals surface area contributed by atoms with Crippen molar-refractivity contribution in [3.63, 3.8) is 0 Å². The molecule has 1 saturated heterocycles. The molecular weight excluding hydrogens is 344 g/mol. The first-order valence-corrected chi connectivity index (χ1v) is 10.0. The molecule has 0 aromatic heterocycles. The summed E-state index contributed by atoms with van der Waals surface area (Å²) in [6.45, 7) is 10.5. The van der Waals surface area contributed by atoms with Gasteiger partial charge in [-0.15, -0.1) is 0 Å². The van der Waals surface area contributed by atoms with E-state index < -0.39 is 5.60 Å². The molecule has 4 rings (SSSR count). The molecule has 5 atom stereocenters. The van der Waals surface area contributed by atoms with Crippen molar-refractivity contribution in [2.24, 2.45) is 17.8 Å². The number of carbonyl (C=O) groups is 1. The van der Waals surface area contributed by atoms with E-state index in [4.69, 9.17) is 14.2 Å². The first-order valence-electron chi connectivity index (χ1n) is 10.0. The van der Waals surface area contributed by atoms with Gasteiger partial charge in [0.2, 0.25) is 0 Å². The standard InChI is InChI=1S/C22H30O5/c1-10(2)7-14(23)18-15(24)9-16(25-6)17-13-8-12(11(3)4)19-21(26-19)22(13,5)27-20(17)18/h9-13,19,21,24H,7-8H2,1-6H3/t12-,13+,19+,21+,22-/m1/s1. The highest BCUT2D eigenvalue weighted by Gasteiger charge is 2.68. The predicted molar refractivity (Wildman–Crippen MR) is 102 cm³/mol. The van der Waals surface area contributed by atoms with Gasteiger partial charge in [-0.05, 0) is 31.1 Å². The Balaban J connectivity index is 1.84. The van der Waals surface area contributed by atoms with E-state index in [0.29, 0.717) is 35.3 Å². The smallest absolute Gasteiger partial charge is 0.170 e. The van der Waals surface area contributed by atoms with Crippen LogP contribution in [0.15, 0.2) is 6.07 Å². The van der Waals surface area contributed by atoms with Gasteiger partial charge in [-0.2, -0.15) is 0 Å². The summed E-state index contributed by atoms with van der Waals surface area (Å²) in [4.78, 5) is 12.9. The Morgan fingerprint density at radius 2 is 2.07 bits per heavy atom. The molecule has 0 bridgehead atoms. The molecule has 0 radical (unpaired) electrons. The number of ketones is 1. The van der Waals surface area contributed by atoms with Crippen LogP contribution >= 0.6 is 0 Å². The molecule has 3 aliphatic rings. The molecule has 1 aromatic carbocycles. The Bertz CT molecular complexity index is 783. The molecule has 2 fully saturated rings. The fourth-order valence-corrected chi connectivity index (χ4v) is 5.14. The largest absolute Gasteiger partial charge is 0.507 e. The van der Waals surface area contributed by atoms with Crippen LogP contribution in [0.2, 0.25) is 0 Å². The van der Waals surface area contributed by atoms with Crippen LogP contribution in [0.4, 0.5) is 0 Å². The molecule has 1 saturated carbocycles. The minimum absolute atomic E-state index is 0.0240. The molecule has 1 N–H and O–H groups in total. The number of Topliss-reactive ketones (excluding diaryl/α,β-unsaturated/α-hetero) is 1. The van der Waals surface area contributed by atoms with Gasteiger partial charge in [0.15, 0.2) is 5.78 Å². The van der Waals surface area contributed by atoms with Crippen molar-refractivity contribution in [3.05, 3.63) is 17.2 Å². The number of fused-ring (bicyclic) bond motifs is 5. The number of benzene rings is 1. The third-order valence-electron chi connectivity index (χ3n) is 6.59. The lowest BCUT2D eigenvalue weighted by Gasteiger charge is -2.37. The summed E-state index contributed by atoms with van der Waals surface area (Å²) in [5.74, 6) is 2.21. The zero-order valence-electron chi connectivity index (χ0n) is 17.0. The van der Waals surface area contributed by atoms with Crippen molar-refractivity contribution < 1.29 is 24.1 Å². The van der Waals surface area contributed by atoms with Gasteiger partial charge in [-0.25, -0.2) is 0 Å². The summed E-state index contributed by atoms with van der Waals surface area (Å²) in [7, 11) is 1.60. The Morgan fingerprint density at radius 1 is 1.37 bits per heavy atom. The Hall–Kier alpha value is -1.75. The van der Waals surface area contributed by atoms with Crippen LogP contribution in [0, 0.1) is 17.8 Å². The number of aromatic hydroxyl groups is 1. The third kappa shape index (κ3) is 2.65.